The van der Waals surface area contributed by atoms with Crippen molar-refractivity contribution >= 4 is 10.0 Å². The van der Waals surface area contributed by atoms with Crippen LogP contribution in [0.2, 0.25) is 0 Å². The van der Waals surface area contributed by atoms with Gasteiger partial charge in [0.15, 0.2) is 17.5 Å². The maximum atomic E-state index is 13.5. The SMILES string of the molecule is O=S(=O)(NCc1ccc(C(F)(F)F)cc1)c1ccc(F)c(F)c1F. The maximum absolute atomic E-state index is 13.5. The molecule has 3 nitrogen and oxygen atoms in total. The molecule has 0 aliphatic carbocycles. The lowest BCUT2D eigenvalue weighted by atomic mass is 10.1. The van der Waals surface area contributed by atoms with Crippen molar-refractivity contribution in [2.75, 3.05) is 0 Å². The van der Waals surface area contributed by atoms with Gasteiger partial charge in [-0.3, -0.25) is 0 Å². The van der Waals surface area contributed by atoms with Crippen molar-refractivity contribution in [3.05, 3.63) is 65.0 Å². The zero-order chi connectivity index (χ0) is 18.1. The van der Waals surface area contributed by atoms with E-state index in [0.29, 0.717) is 12.1 Å². The van der Waals surface area contributed by atoms with Gasteiger partial charge in [0, 0.05) is 6.54 Å². The Morgan fingerprint density at radius 2 is 1.46 bits per heavy atom. The Labute approximate surface area is 133 Å². The van der Waals surface area contributed by atoms with Gasteiger partial charge >= 0.3 is 6.18 Å². The number of alkyl halides is 3. The fraction of sp³-hybridized carbons (Fsp3) is 0.143. The van der Waals surface area contributed by atoms with Crippen molar-refractivity contribution < 1.29 is 34.8 Å². The molecule has 130 valence electrons. The average Bonchev–Trinajstić information content (AvgIpc) is 2.50. The highest BCUT2D eigenvalue weighted by molar-refractivity contribution is 7.89. The molecule has 0 fully saturated rings. The molecule has 0 heterocycles. The first-order chi connectivity index (χ1) is 11.0. The van der Waals surface area contributed by atoms with Crippen LogP contribution in [0, 0.1) is 17.5 Å². The summed E-state index contributed by atoms with van der Waals surface area (Å²) in [4.78, 5) is -1.10. The summed E-state index contributed by atoms with van der Waals surface area (Å²) >= 11 is 0. The van der Waals surface area contributed by atoms with Crippen LogP contribution in [0.3, 0.4) is 0 Å². The molecule has 0 saturated heterocycles. The van der Waals surface area contributed by atoms with Crippen LogP contribution < -0.4 is 4.72 Å². The first-order valence-corrected chi connectivity index (χ1v) is 7.80. The standard InChI is InChI=1S/C14H9F6NO2S/c15-10-5-6-11(13(17)12(10)16)24(22,23)21-7-8-1-3-9(4-2-8)14(18,19)20/h1-6,21H,7H2. The van der Waals surface area contributed by atoms with Gasteiger partial charge in [-0.1, -0.05) is 12.1 Å². The fourth-order valence-corrected chi connectivity index (χ4v) is 2.87. The molecule has 0 amide bonds. The summed E-state index contributed by atoms with van der Waals surface area (Å²) in [6, 6.07) is 4.57. The fourth-order valence-electron chi connectivity index (χ4n) is 1.78. The van der Waals surface area contributed by atoms with Crippen LogP contribution in [0.25, 0.3) is 0 Å². The molecule has 0 aliphatic heterocycles. The highest BCUT2D eigenvalue weighted by atomic mass is 32.2. The summed E-state index contributed by atoms with van der Waals surface area (Å²) in [6.07, 6.45) is -4.53. The van der Waals surface area contributed by atoms with Crippen LogP contribution in [0.4, 0.5) is 26.3 Å². The van der Waals surface area contributed by atoms with Gasteiger partial charge in [-0.05, 0) is 29.8 Å². The Morgan fingerprint density at radius 1 is 0.875 bits per heavy atom. The molecule has 0 aromatic heterocycles. The van der Waals surface area contributed by atoms with Crippen molar-refractivity contribution in [1.29, 1.82) is 0 Å². The molecule has 0 atom stereocenters. The number of nitrogens with one attached hydrogen (secondary N) is 1. The number of hydrogen-bond acceptors (Lipinski definition) is 2. The summed E-state index contributed by atoms with van der Waals surface area (Å²) in [5, 5.41) is 0. The molecule has 1 N–H and O–H groups in total. The average molecular weight is 369 g/mol. The van der Waals surface area contributed by atoms with Crippen molar-refractivity contribution in [3.8, 4) is 0 Å². The van der Waals surface area contributed by atoms with E-state index in [1.807, 2.05) is 4.72 Å². The Bertz CT molecular complexity index is 847. The van der Waals surface area contributed by atoms with E-state index >= 15 is 0 Å². The summed E-state index contributed by atoms with van der Waals surface area (Å²) in [7, 11) is -4.52. The molecular weight excluding hydrogens is 360 g/mol. The van der Waals surface area contributed by atoms with Crippen LogP contribution >= 0.6 is 0 Å². The van der Waals surface area contributed by atoms with Gasteiger partial charge in [-0.15, -0.1) is 0 Å². The monoisotopic (exact) mass is 369 g/mol. The Kier molecular flexibility index (Phi) is 4.90. The van der Waals surface area contributed by atoms with Gasteiger partial charge < -0.3 is 0 Å². The first-order valence-electron chi connectivity index (χ1n) is 6.31. The molecule has 0 unspecified atom stereocenters. The zero-order valence-corrected chi connectivity index (χ0v) is 12.5. The number of hydrogen-bond donors (Lipinski definition) is 1. The van der Waals surface area contributed by atoms with Gasteiger partial charge in [-0.2, -0.15) is 13.2 Å². The van der Waals surface area contributed by atoms with Gasteiger partial charge in [0.1, 0.15) is 4.90 Å². The van der Waals surface area contributed by atoms with Crippen molar-refractivity contribution in [2.45, 2.75) is 17.6 Å². The molecule has 24 heavy (non-hydrogen) atoms. The van der Waals surface area contributed by atoms with Crippen molar-refractivity contribution in [1.82, 2.24) is 4.72 Å². The van der Waals surface area contributed by atoms with E-state index in [2.05, 4.69) is 0 Å². The third-order valence-electron chi connectivity index (χ3n) is 3.04. The quantitative estimate of drug-likeness (QED) is 0.661. The molecule has 2 aromatic carbocycles. The Hall–Kier alpha value is -2.07. The van der Waals surface area contributed by atoms with E-state index in [-0.39, 0.29) is 5.56 Å². The lowest BCUT2D eigenvalue weighted by Crippen LogP contribution is -2.24. The highest BCUT2D eigenvalue weighted by Crippen LogP contribution is 2.29. The minimum absolute atomic E-state index is 0.162. The molecule has 0 bridgehead atoms. The van der Waals surface area contributed by atoms with E-state index in [1.165, 1.54) is 0 Å². The van der Waals surface area contributed by atoms with Crippen molar-refractivity contribution in [3.63, 3.8) is 0 Å². The number of halogens is 6. The molecule has 0 radical (unpaired) electrons. The van der Waals surface area contributed by atoms with Crippen molar-refractivity contribution in [2.24, 2.45) is 0 Å². The predicted octanol–water partition coefficient (Wildman–Crippen LogP) is 3.60. The third-order valence-corrected chi connectivity index (χ3v) is 4.46. The third kappa shape index (κ3) is 3.88. The van der Waals surface area contributed by atoms with E-state index in [4.69, 9.17) is 0 Å². The summed E-state index contributed by atoms with van der Waals surface area (Å²) in [5.74, 6) is -5.36. The minimum atomic E-state index is -4.53. The normalized spacial score (nSPS) is 12.4. The van der Waals surface area contributed by atoms with Crippen LogP contribution in [-0.4, -0.2) is 8.42 Å². The van der Waals surface area contributed by atoms with E-state index in [0.717, 1.165) is 24.3 Å². The molecule has 0 aliphatic rings. The topological polar surface area (TPSA) is 46.2 Å². The van der Waals surface area contributed by atoms with Gasteiger partial charge in [0.05, 0.1) is 5.56 Å². The molecule has 2 aromatic rings. The number of sulfonamides is 1. The predicted molar refractivity (Wildman–Crippen MR) is 71.8 cm³/mol. The minimum Gasteiger partial charge on any atom is -0.207 e. The Morgan fingerprint density at radius 3 is 2.00 bits per heavy atom. The second kappa shape index (κ2) is 6.44. The maximum Gasteiger partial charge on any atom is 0.416 e. The molecular formula is C14H9F6NO2S. The first kappa shape index (κ1) is 18.3. The van der Waals surface area contributed by atoms with E-state index < -0.39 is 50.7 Å². The van der Waals surface area contributed by atoms with Gasteiger partial charge in [-0.25, -0.2) is 26.3 Å². The largest absolute Gasteiger partial charge is 0.416 e. The lowest BCUT2D eigenvalue weighted by molar-refractivity contribution is -0.137. The van der Waals surface area contributed by atoms with E-state index in [1.54, 1.807) is 0 Å². The lowest BCUT2D eigenvalue weighted by Gasteiger charge is -2.10. The highest BCUT2D eigenvalue weighted by Gasteiger charge is 2.30. The molecule has 10 heteroatoms. The summed E-state index contributed by atoms with van der Waals surface area (Å²) in [5.41, 5.74) is -0.754. The Balaban J connectivity index is 2.18. The van der Waals surface area contributed by atoms with Crippen LogP contribution in [0.15, 0.2) is 41.3 Å². The molecule has 0 saturated carbocycles. The smallest absolute Gasteiger partial charge is 0.207 e. The van der Waals surface area contributed by atoms with E-state index in [9.17, 15) is 34.8 Å². The zero-order valence-electron chi connectivity index (χ0n) is 11.7. The number of benzene rings is 2. The summed E-state index contributed by atoms with van der Waals surface area (Å²) in [6.45, 7) is -0.459. The second-order valence-electron chi connectivity index (χ2n) is 4.69. The van der Waals surface area contributed by atoms with Crippen LogP contribution in [0.1, 0.15) is 11.1 Å². The second-order valence-corrected chi connectivity index (χ2v) is 6.43. The van der Waals surface area contributed by atoms with Crippen LogP contribution in [-0.2, 0) is 22.7 Å². The summed E-state index contributed by atoms with van der Waals surface area (Å²) < 4.78 is 102. The van der Waals surface area contributed by atoms with Gasteiger partial charge in [0.25, 0.3) is 0 Å². The number of rotatable bonds is 4. The molecule has 2 rings (SSSR count). The van der Waals surface area contributed by atoms with Gasteiger partial charge in [0.2, 0.25) is 10.0 Å². The van der Waals surface area contributed by atoms with Crippen LogP contribution in [0.5, 0.6) is 0 Å². The molecule has 0 spiro atoms.